The maximum absolute atomic E-state index is 13.3. The van der Waals surface area contributed by atoms with Crippen LogP contribution in [-0.2, 0) is 11.8 Å². The van der Waals surface area contributed by atoms with Crippen LogP contribution in [0.25, 0.3) is 11.0 Å². The summed E-state index contributed by atoms with van der Waals surface area (Å²) in [6.45, 7) is 4.43. The molecule has 7 heteroatoms. The van der Waals surface area contributed by atoms with Gasteiger partial charge in [-0.05, 0) is 45.6 Å². The Hall–Kier alpha value is -2.44. The highest BCUT2D eigenvalue weighted by molar-refractivity contribution is 6.06. The van der Waals surface area contributed by atoms with Gasteiger partial charge < -0.3 is 10.0 Å². The van der Waals surface area contributed by atoms with Crippen LogP contribution in [0.1, 0.15) is 60.3 Å². The van der Waals surface area contributed by atoms with Gasteiger partial charge in [0.05, 0.1) is 22.1 Å². The molecule has 1 amide bonds. The van der Waals surface area contributed by atoms with E-state index in [1.807, 2.05) is 20.0 Å². The smallest absolute Gasteiger partial charge is 0.311 e. The normalized spacial score (nSPS) is 23.4. The first kappa shape index (κ1) is 17.0. The Morgan fingerprint density at radius 1 is 1.35 bits per heavy atom. The number of fused-ring (bicyclic) bond motifs is 1. The number of carbonyl (C=O) groups excluding carboxylic acids is 1. The third kappa shape index (κ3) is 2.66. The van der Waals surface area contributed by atoms with Gasteiger partial charge in [0.15, 0.2) is 5.65 Å². The minimum atomic E-state index is -0.886. The first-order chi connectivity index (χ1) is 12.3. The molecule has 0 radical (unpaired) electrons. The summed E-state index contributed by atoms with van der Waals surface area (Å²) in [4.78, 5) is 31.4. The lowest BCUT2D eigenvalue weighted by Gasteiger charge is -2.37. The second kappa shape index (κ2) is 5.79. The predicted octanol–water partition coefficient (Wildman–Crippen LogP) is 2.48. The fourth-order valence-corrected chi connectivity index (χ4v) is 3.98. The highest BCUT2D eigenvalue weighted by Gasteiger charge is 2.40. The number of piperidine rings is 1. The third-order valence-electron chi connectivity index (χ3n) is 5.71. The molecule has 3 heterocycles. The van der Waals surface area contributed by atoms with E-state index in [1.54, 1.807) is 16.5 Å². The second-order valence-corrected chi connectivity index (χ2v) is 7.97. The van der Waals surface area contributed by atoms with Gasteiger partial charge in [-0.25, -0.2) is 4.98 Å². The molecule has 1 saturated heterocycles. The summed E-state index contributed by atoms with van der Waals surface area (Å²) in [5, 5.41) is 14.8. The average molecular weight is 356 g/mol. The Morgan fingerprint density at radius 2 is 2.08 bits per heavy atom. The number of aromatic nitrogens is 3. The zero-order valence-corrected chi connectivity index (χ0v) is 15.4. The number of carbonyl (C=O) groups is 2. The molecule has 1 saturated carbocycles. The van der Waals surface area contributed by atoms with Crippen molar-refractivity contribution in [3.63, 3.8) is 0 Å². The molecule has 1 aliphatic carbocycles. The molecule has 2 fully saturated rings. The van der Waals surface area contributed by atoms with Crippen molar-refractivity contribution in [3.8, 4) is 0 Å². The molecule has 0 aromatic carbocycles. The summed E-state index contributed by atoms with van der Waals surface area (Å²) in [6.07, 6.45) is 3.49. The van der Waals surface area contributed by atoms with E-state index in [1.165, 1.54) is 0 Å². The summed E-state index contributed by atoms with van der Waals surface area (Å²) in [5.41, 5.74) is 2.18. The molecule has 0 bridgehead atoms. The molecule has 1 unspecified atom stereocenters. The molecular weight excluding hydrogens is 332 g/mol. The van der Waals surface area contributed by atoms with Crippen molar-refractivity contribution in [2.75, 3.05) is 13.1 Å². The van der Waals surface area contributed by atoms with E-state index in [0.717, 1.165) is 35.3 Å². The number of carboxylic acid groups (broad SMARTS) is 1. The lowest BCUT2D eigenvalue weighted by atomic mass is 9.82. The van der Waals surface area contributed by atoms with E-state index in [9.17, 15) is 14.7 Å². The van der Waals surface area contributed by atoms with Gasteiger partial charge in [0.1, 0.15) is 0 Å². The molecule has 138 valence electrons. The van der Waals surface area contributed by atoms with Crippen LogP contribution in [0, 0.1) is 12.3 Å². The quantitative estimate of drug-likeness (QED) is 0.913. The zero-order valence-electron chi connectivity index (χ0n) is 15.4. The first-order valence-corrected chi connectivity index (χ1v) is 9.17. The van der Waals surface area contributed by atoms with E-state index in [4.69, 9.17) is 4.98 Å². The van der Waals surface area contributed by atoms with Crippen molar-refractivity contribution in [1.29, 1.82) is 0 Å². The maximum Gasteiger partial charge on any atom is 0.311 e. The minimum absolute atomic E-state index is 0.109. The van der Waals surface area contributed by atoms with Gasteiger partial charge in [-0.2, -0.15) is 5.10 Å². The summed E-state index contributed by atoms with van der Waals surface area (Å²) in [6, 6.07) is 1.91. The SMILES string of the molecule is Cc1nn(C)c2nc(C3CC3)cc(C(=O)N3CCCC(C)(C(=O)O)C3)c12. The van der Waals surface area contributed by atoms with Crippen molar-refractivity contribution in [1.82, 2.24) is 19.7 Å². The van der Waals surface area contributed by atoms with Crippen molar-refractivity contribution >= 4 is 22.9 Å². The van der Waals surface area contributed by atoms with Crippen LogP contribution in [0.5, 0.6) is 0 Å². The van der Waals surface area contributed by atoms with Crippen LogP contribution >= 0.6 is 0 Å². The number of carboxylic acids is 1. The third-order valence-corrected chi connectivity index (χ3v) is 5.71. The van der Waals surface area contributed by atoms with Crippen molar-refractivity contribution < 1.29 is 14.7 Å². The van der Waals surface area contributed by atoms with E-state index >= 15 is 0 Å². The summed E-state index contributed by atoms with van der Waals surface area (Å²) >= 11 is 0. The molecule has 1 aliphatic heterocycles. The van der Waals surface area contributed by atoms with E-state index < -0.39 is 11.4 Å². The Kier molecular flexibility index (Phi) is 3.78. The van der Waals surface area contributed by atoms with Gasteiger partial charge in [0.2, 0.25) is 0 Å². The molecule has 7 nitrogen and oxygen atoms in total. The highest BCUT2D eigenvalue weighted by atomic mass is 16.4. The monoisotopic (exact) mass is 356 g/mol. The number of nitrogens with zero attached hydrogens (tertiary/aromatic N) is 4. The van der Waals surface area contributed by atoms with Gasteiger partial charge in [-0.15, -0.1) is 0 Å². The standard InChI is InChI=1S/C19H24N4O3/c1-11-15-13(9-14(12-5-6-12)20-16(15)22(3)21-11)17(24)23-8-4-7-19(2,10-23)18(25)26/h9,12H,4-8,10H2,1-3H3,(H,25,26). The summed E-state index contributed by atoms with van der Waals surface area (Å²) in [7, 11) is 1.84. The van der Waals surface area contributed by atoms with E-state index in [0.29, 0.717) is 30.9 Å². The fourth-order valence-electron chi connectivity index (χ4n) is 3.98. The molecule has 2 aromatic rings. The number of rotatable bonds is 3. The molecule has 4 rings (SSSR count). The van der Waals surface area contributed by atoms with Gasteiger partial charge in [-0.3, -0.25) is 14.3 Å². The topological polar surface area (TPSA) is 88.3 Å². The van der Waals surface area contributed by atoms with E-state index in [-0.39, 0.29) is 12.5 Å². The largest absolute Gasteiger partial charge is 0.481 e. The molecule has 26 heavy (non-hydrogen) atoms. The van der Waals surface area contributed by atoms with Gasteiger partial charge in [0, 0.05) is 31.7 Å². The van der Waals surface area contributed by atoms with Crippen LogP contribution in [0.2, 0.25) is 0 Å². The highest BCUT2D eigenvalue weighted by Crippen LogP contribution is 2.41. The minimum Gasteiger partial charge on any atom is -0.481 e. The van der Waals surface area contributed by atoms with Gasteiger partial charge >= 0.3 is 5.97 Å². The molecule has 2 aliphatic rings. The average Bonchev–Trinajstić information content (AvgIpc) is 3.40. The number of aryl methyl sites for hydroxylation is 2. The second-order valence-electron chi connectivity index (χ2n) is 7.97. The number of aliphatic carboxylic acids is 1. The Labute approximate surface area is 152 Å². The Morgan fingerprint density at radius 3 is 2.73 bits per heavy atom. The number of likely N-dealkylation sites (tertiary alicyclic amines) is 1. The number of hydrogen-bond donors (Lipinski definition) is 1. The lowest BCUT2D eigenvalue weighted by molar-refractivity contribution is -0.150. The predicted molar refractivity (Wildman–Crippen MR) is 96.1 cm³/mol. The molecule has 0 spiro atoms. The fraction of sp³-hybridized carbons (Fsp3) is 0.579. The number of pyridine rings is 1. The van der Waals surface area contributed by atoms with E-state index in [2.05, 4.69) is 5.10 Å². The van der Waals surface area contributed by atoms with Gasteiger partial charge in [0.25, 0.3) is 5.91 Å². The molecule has 2 aromatic heterocycles. The van der Waals surface area contributed by atoms with Crippen LogP contribution in [0.4, 0.5) is 0 Å². The van der Waals surface area contributed by atoms with Crippen LogP contribution in [0.3, 0.4) is 0 Å². The lowest BCUT2D eigenvalue weighted by Crippen LogP contribution is -2.48. The Balaban J connectivity index is 1.78. The number of amides is 1. The molecule has 1 atom stereocenters. The van der Waals surface area contributed by atoms with Crippen LogP contribution in [0.15, 0.2) is 6.07 Å². The Bertz CT molecular complexity index is 915. The van der Waals surface area contributed by atoms with Crippen LogP contribution in [-0.4, -0.2) is 49.7 Å². The van der Waals surface area contributed by atoms with Gasteiger partial charge in [-0.1, -0.05) is 0 Å². The first-order valence-electron chi connectivity index (χ1n) is 9.17. The zero-order chi connectivity index (χ0) is 18.6. The summed E-state index contributed by atoms with van der Waals surface area (Å²) in [5.74, 6) is -0.527. The van der Waals surface area contributed by atoms with Crippen molar-refractivity contribution in [2.45, 2.75) is 45.4 Å². The van der Waals surface area contributed by atoms with Crippen molar-refractivity contribution in [2.24, 2.45) is 12.5 Å². The number of hydrogen-bond acceptors (Lipinski definition) is 4. The van der Waals surface area contributed by atoms with Crippen LogP contribution < -0.4 is 0 Å². The molecule has 1 N–H and O–H groups in total. The van der Waals surface area contributed by atoms with Crippen molar-refractivity contribution in [3.05, 3.63) is 23.0 Å². The molecular formula is C19H24N4O3. The maximum atomic E-state index is 13.3. The summed E-state index contributed by atoms with van der Waals surface area (Å²) < 4.78 is 1.73.